The van der Waals surface area contributed by atoms with E-state index in [9.17, 15) is 9.59 Å². The highest BCUT2D eigenvalue weighted by Gasteiger charge is 2.34. The summed E-state index contributed by atoms with van der Waals surface area (Å²) in [5, 5.41) is 2.91. The number of carbonyl (C=O) groups is 2. The first-order chi connectivity index (χ1) is 13.6. The molecule has 2 aliphatic heterocycles. The van der Waals surface area contributed by atoms with Gasteiger partial charge in [-0.3, -0.25) is 14.5 Å². The molecule has 1 N–H and O–H groups in total. The van der Waals surface area contributed by atoms with Crippen molar-refractivity contribution >= 4 is 11.8 Å². The van der Waals surface area contributed by atoms with Crippen molar-refractivity contribution in [2.75, 3.05) is 40.0 Å². The molecule has 0 aromatic heterocycles. The Morgan fingerprint density at radius 2 is 2.07 bits per heavy atom. The van der Waals surface area contributed by atoms with Crippen LogP contribution >= 0.6 is 0 Å². The van der Waals surface area contributed by atoms with Crippen molar-refractivity contribution in [2.24, 2.45) is 0 Å². The SMILES string of the molecule is CCOc1ccccc1CN1CCNC(=O)[C@H]1CC(=O)N(C)C1CCOCC1. The molecule has 2 amide bonds. The smallest absolute Gasteiger partial charge is 0.237 e. The van der Waals surface area contributed by atoms with Crippen molar-refractivity contribution in [3.63, 3.8) is 0 Å². The van der Waals surface area contributed by atoms with E-state index in [0.29, 0.717) is 39.5 Å². The second kappa shape index (κ2) is 9.89. The summed E-state index contributed by atoms with van der Waals surface area (Å²) in [6.45, 7) is 5.82. The maximum atomic E-state index is 12.9. The Bertz CT molecular complexity index is 675. The number of rotatable bonds is 7. The lowest BCUT2D eigenvalue weighted by Gasteiger charge is -2.37. The number of hydrogen-bond acceptors (Lipinski definition) is 5. The Morgan fingerprint density at radius 1 is 1.32 bits per heavy atom. The molecule has 1 atom stereocenters. The van der Waals surface area contributed by atoms with Gasteiger partial charge < -0.3 is 19.7 Å². The van der Waals surface area contributed by atoms with E-state index in [-0.39, 0.29) is 24.3 Å². The topological polar surface area (TPSA) is 71.1 Å². The van der Waals surface area contributed by atoms with Gasteiger partial charge in [-0.05, 0) is 25.8 Å². The molecule has 2 saturated heterocycles. The van der Waals surface area contributed by atoms with Gasteiger partial charge in [0.1, 0.15) is 5.75 Å². The fraction of sp³-hybridized carbons (Fsp3) is 0.619. The molecule has 2 fully saturated rings. The van der Waals surface area contributed by atoms with E-state index < -0.39 is 6.04 Å². The Morgan fingerprint density at radius 3 is 2.82 bits per heavy atom. The lowest BCUT2D eigenvalue weighted by atomic mass is 10.0. The maximum absolute atomic E-state index is 12.9. The van der Waals surface area contributed by atoms with Gasteiger partial charge in [-0.1, -0.05) is 18.2 Å². The average molecular weight is 389 g/mol. The molecule has 0 radical (unpaired) electrons. The molecule has 0 saturated carbocycles. The molecule has 0 aliphatic carbocycles. The largest absolute Gasteiger partial charge is 0.494 e. The zero-order chi connectivity index (χ0) is 19.9. The fourth-order valence-corrected chi connectivity index (χ4v) is 3.91. The second-order valence-electron chi connectivity index (χ2n) is 7.37. The number of piperazine rings is 1. The predicted octanol–water partition coefficient (Wildman–Crippen LogP) is 1.41. The van der Waals surface area contributed by atoms with Crippen LogP contribution in [0.4, 0.5) is 0 Å². The molecule has 2 heterocycles. The summed E-state index contributed by atoms with van der Waals surface area (Å²) < 4.78 is 11.1. The molecule has 1 aromatic carbocycles. The molecule has 0 bridgehead atoms. The minimum atomic E-state index is -0.460. The van der Waals surface area contributed by atoms with Gasteiger partial charge >= 0.3 is 0 Å². The number of nitrogens with zero attached hydrogens (tertiary/aromatic N) is 2. The maximum Gasteiger partial charge on any atom is 0.237 e. The van der Waals surface area contributed by atoms with E-state index in [4.69, 9.17) is 9.47 Å². The van der Waals surface area contributed by atoms with Gasteiger partial charge in [0.2, 0.25) is 11.8 Å². The van der Waals surface area contributed by atoms with Crippen LogP contribution in [0.1, 0.15) is 31.7 Å². The standard InChI is InChI=1S/C21H31N3O4/c1-3-28-19-7-5-4-6-16(19)15-24-11-10-22-21(26)18(24)14-20(25)23(2)17-8-12-27-13-9-17/h4-7,17-18H,3,8-15H2,1-2H3,(H,22,26)/t18-/m1/s1. The fourth-order valence-electron chi connectivity index (χ4n) is 3.91. The van der Waals surface area contributed by atoms with Crippen molar-refractivity contribution in [3.8, 4) is 5.75 Å². The third kappa shape index (κ3) is 5.02. The van der Waals surface area contributed by atoms with E-state index >= 15 is 0 Å². The Hall–Kier alpha value is -2.12. The van der Waals surface area contributed by atoms with E-state index in [1.807, 2.05) is 38.2 Å². The quantitative estimate of drug-likeness (QED) is 0.764. The number of ether oxygens (including phenoxy) is 2. The minimum absolute atomic E-state index is 0.0112. The van der Waals surface area contributed by atoms with Crippen molar-refractivity contribution in [1.29, 1.82) is 0 Å². The molecular formula is C21H31N3O4. The van der Waals surface area contributed by atoms with E-state index in [2.05, 4.69) is 10.2 Å². The minimum Gasteiger partial charge on any atom is -0.494 e. The molecule has 1 aromatic rings. The van der Waals surface area contributed by atoms with Crippen LogP contribution in [0.5, 0.6) is 5.75 Å². The summed E-state index contributed by atoms with van der Waals surface area (Å²) in [5.74, 6) is 0.770. The van der Waals surface area contributed by atoms with Gasteiger partial charge in [0.15, 0.2) is 0 Å². The van der Waals surface area contributed by atoms with E-state index in [1.165, 1.54) is 0 Å². The van der Waals surface area contributed by atoms with Gasteiger partial charge in [0.05, 0.1) is 19.1 Å². The predicted molar refractivity (Wildman–Crippen MR) is 106 cm³/mol. The average Bonchev–Trinajstić information content (AvgIpc) is 2.72. The Balaban J connectivity index is 1.68. The summed E-state index contributed by atoms with van der Waals surface area (Å²) in [5.41, 5.74) is 1.04. The lowest BCUT2D eigenvalue weighted by Crippen LogP contribution is -2.56. The molecular weight excluding hydrogens is 358 g/mol. The first-order valence-electron chi connectivity index (χ1n) is 10.2. The Labute approximate surface area is 167 Å². The molecule has 2 aliphatic rings. The van der Waals surface area contributed by atoms with Crippen LogP contribution in [-0.4, -0.2) is 73.7 Å². The van der Waals surface area contributed by atoms with Crippen LogP contribution in [0, 0.1) is 0 Å². The number of amides is 2. The van der Waals surface area contributed by atoms with Crippen molar-refractivity contribution < 1.29 is 19.1 Å². The van der Waals surface area contributed by atoms with Crippen molar-refractivity contribution in [1.82, 2.24) is 15.1 Å². The van der Waals surface area contributed by atoms with Crippen LogP contribution in [-0.2, 0) is 20.9 Å². The monoisotopic (exact) mass is 389 g/mol. The summed E-state index contributed by atoms with van der Waals surface area (Å²) >= 11 is 0. The summed E-state index contributed by atoms with van der Waals surface area (Å²) in [7, 11) is 1.84. The highest BCUT2D eigenvalue weighted by atomic mass is 16.5. The first-order valence-corrected chi connectivity index (χ1v) is 10.2. The van der Waals surface area contributed by atoms with E-state index in [0.717, 1.165) is 24.2 Å². The van der Waals surface area contributed by atoms with Gasteiger partial charge in [-0.15, -0.1) is 0 Å². The number of benzene rings is 1. The first kappa shape index (κ1) is 20.6. The highest BCUT2D eigenvalue weighted by molar-refractivity contribution is 5.88. The van der Waals surface area contributed by atoms with Crippen LogP contribution in [0.3, 0.4) is 0 Å². The molecule has 0 spiro atoms. The normalized spacial score (nSPS) is 21.2. The summed E-state index contributed by atoms with van der Waals surface area (Å²) in [6, 6.07) is 7.62. The van der Waals surface area contributed by atoms with Crippen LogP contribution < -0.4 is 10.1 Å². The van der Waals surface area contributed by atoms with Gasteiger partial charge in [0, 0.05) is 51.5 Å². The second-order valence-corrected chi connectivity index (χ2v) is 7.37. The summed E-state index contributed by atoms with van der Waals surface area (Å²) in [6.07, 6.45) is 1.89. The molecule has 0 unspecified atom stereocenters. The molecule has 3 rings (SSSR count). The number of hydrogen-bond donors (Lipinski definition) is 1. The number of nitrogens with one attached hydrogen (secondary N) is 1. The highest BCUT2D eigenvalue weighted by Crippen LogP contribution is 2.23. The summed E-state index contributed by atoms with van der Waals surface area (Å²) in [4.78, 5) is 29.3. The zero-order valence-corrected chi connectivity index (χ0v) is 16.9. The van der Waals surface area contributed by atoms with Crippen molar-refractivity contribution in [3.05, 3.63) is 29.8 Å². The number of para-hydroxylation sites is 1. The number of carbonyl (C=O) groups excluding carboxylic acids is 2. The van der Waals surface area contributed by atoms with Gasteiger partial charge in [-0.25, -0.2) is 0 Å². The van der Waals surface area contributed by atoms with E-state index in [1.54, 1.807) is 4.90 Å². The molecule has 7 heteroatoms. The third-order valence-corrected chi connectivity index (χ3v) is 5.59. The van der Waals surface area contributed by atoms with Crippen LogP contribution in [0.25, 0.3) is 0 Å². The van der Waals surface area contributed by atoms with Crippen LogP contribution in [0.15, 0.2) is 24.3 Å². The Kier molecular flexibility index (Phi) is 7.28. The third-order valence-electron chi connectivity index (χ3n) is 5.59. The van der Waals surface area contributed by atoms with Gasteiger partial charge in [-0.2, -0.15) is 0 Å². The molecule has 154 valence electrons. The van der Waals surface area contributed by atoms with Crippen molar-refractivity contribution in [2.45, 2.75) is 44.8 Å². The lowest BCUT2D eigenvalue weighted by molar-refractivity contribution is -0.140. The van der Waals surface area contributed by atoms with Crippen LogP contribution in [0.2, 0.25) is 0 Å². The molecule has 28 heavy (non-hydrogen) atoms. The van der Waals surface area contributed by atoms with Gasteiger partial charge in [0.25, 0.3) is 0 Å². The zero-order valence-electron chi connectivity index (χ0n) is 16.9. The molecule has 7 nitrogen and oxygen atoms in total.